The van der Waals surface area contributed by atoms with Gasteiger partial charge >= 0.3 is 0 Å². The van der Waals surface area contributed by atoms with Crippen LogP contribution in [0.2, 0.25) is 0 Å². The van der Waals surface area contributed by atoms with E-state index >= 15 is 0 Å². The zero-order chi connectivity index (χ0) is 30.0. The van der Waals surface area contributed by atoms with E-state index in [0.717, 1.165) is 118 Å². The summed E-state index contributed by atoms with van der Waals surface area (Å²) in [4.78, 5) is 0. The van der Waals surface area contributed by atoms with E-state index in [2.05, 4.69) is 110 Å². The maximum atomic E-state index is 2.87. The van der Waals surface area contributed by atoms with E-state index in [4.69, 9.17) is 0 Å². The molecule has 232 valence electrons. The van der Waals surface area contributed by atoms with Crippen molar-refractivity contribution >= 4 is 0 Å². The van der Waals surface area contributed by atoms with Crippen molar-refractivity contribution in [2.24, 2.45) is 118 Å². The third-order valence-corrected chi connectivity index (χ3v) is 15.4. The summed E-state index contributed by atoms with van der Waals surface area (Å²) in [6.45, 7) is 38.8. The van der Waals surface area contributed by atoms with Crippen LogP contribution in [0.5, 0.6) is 0 Å². The molecule has 4 rings (SSSR count). The lowest BCUT2D eigenvalue weighted by atomic mass is 9.54. The van der Waals surface area contributed by atoms with Crippen LogP contribution in [-0.2, 0) is 0 Å². The summed E-state index contributed by atoms with van der Waals surface area (Å²) in [5.74, 6) is 17.0. The van der Waals surface area contributed by atoms with Crippen LogP contribution in [0.25, 0.3) is 0 Å². The molecule has 3 saturated carbocycles. The first-order chi connectivity index (χ1) is 18.6. The Balaban J connectivity index is 1.56. The molecule has 0 heteroatoms. The Kier molecular flexibility index (Phi) is 10.1. The first-order valence-electron chi connectivity index (χ1n) is 18.3. The van der Waals surface area contributed by atoms with Crippen molar-refractivity contribution in [2.75, 3.05) is 0 Å². The van der Waals surface area contributed by atoms with E-state index in [-0.39, 0.29) is 0 Å². The molecule has 0 saturated heterocycles. The van der Waals surface area contributed by atoms with Gasteiger partial charge in [-0.15, -0.1) is 0 Å². The van der Waals surface area contributed by atoms with Gasteiger partial charge in [-0.25, -0.2) is 0 Å². The summed E-state index contributed by atoms with van der Waals surface area (Å²) in [5.41, 5.74) is 1.87. The maximum Gasteiger partial charge on any atom is -0.0191 e. The predicted octanol–water partition coefficient (Wildman–Crippen LogP) is 11.8. The smallest absolute Gasteiger partial charge is 0.0191 e. The van der Waals surface area contributed by atoms with Crippen LogP contribution in [0.3, 0.4) is 0 Å². The molecular weight excluding hydrogens is 480 g/mol. The molecule has 0 aromatic heterocycles. The highest BCUT2D eigenvalue weighted by molar-refractivity contribution is 5.24. The van der Waals surface area contributed by atoms with Crippen LogP contribution >= 0.6 is 0 Å². The van der Waals surface area contributed by atoms with E-state index in [1.54, 1.807) is 0 Å². The molecule has 0 spiro atoms. The van der Waals surface area contributed by atoms with Gasteiger partial charge in [-0.05, 0) is 138 Å². The molecule has 4 aliphatic carbocycles. The molecule has 40 heavy (non-hydrogen) atoms. The number of rotatable bonds is 7. The summed E-state index contributed by atoms with van der Waals surface area (Å²) in [5, 5.41) is 0. The van der Waals surface area contributed by atoms with Crippen molar-refractivity contribution in [3.63, 3.8) is 0 Å². The van der Waals surface area contributed by atoms with Gasteiger partial charge in [0.1, 0.15) is 0 Å². The van der Waals surface area contributed by atoms with E-state index in [9.17, 15) is 0 Å². The van der Waals surface area contributed by atoms with Crippen molar-refractivity contribution in [1.29, 1.82) is 0 Å². The third-order valence-electron chi connectivity index (χ3n) is 15.4. The molecule has 0 aliphatic heterocycles. The highest BCUT2D eigenvalue weighted by Gasteiger charge is 2.54. The topological polar surface area (TPSA) is 0 Å². The molecule has 0 heterocycles. The summed E-state index contributed by atoms with van der Waals surface area (Å²) in [6, 6.07) is 0. The van der Waals surface area contributed by atoms with Crippen molar-refractivity contribution in [3.05, 3.63) is 11.6 Å². The van der Waals surface area contributed by atoms with Crippen LogP contribution in [0.4, 0.5) is 0 Å². The van der Waals surface area contributed by atoms with E-state index < -0.39 is 0 Å². The van der Waals surface area contributed by atoms with Crippen molar-refractivity contribution in [3.8, 4) is 0 Å². The van der Waals surface area contributed by atoms with Crippen molar-refractivity contribution in [2.45, 2.75) is 123 Å². The summed E-state index contributed by atoms with van der Waals surface area (Å²) in [7, 11) is 0. The first-order valence-corrected chi connectivity index (χ1v) is 18.3. The Morgan fingerprint density at radius 3 is 1.73 bits per heavy atom. The molecule has 3 fully saturated rings. The summed E-state index contributed by atoms with van der Waals surface area (Å²) in [6.07, 6.45) is 7.18. The minimum atomic E-state index is 0.720. The second-order valence-corrected chi connectivity index (χ2v) is 17.9. The average molecular weight is 553 g/mol. The van der Waals surface area contributed by atoms with Gasteiger partial charge in [0.15, 0.2) is 0 Å². The average Bonchev–Trinajstić information content (AvgIpc) is 3.29. The SMILES string of the molecule is CC(C)CC1[C@@H](C(C)C)[C@@H]([C@@H](C)[C@H](C)C2=C[C@H]3C[C@@H](C)[C@@H](C4[C@@H](C)[C@@H](C)[C@@H](C)[C@H]4C)[C@@H](C)C3[C@H]2C)C[C@@H](C)[C@H]1C. The predicted molar refractivity (Wildman–Crippen MR) is 177 cm³/mol. The van der Waals surface area contributed by atoms with Gasteiger partial charge < -0.3 is 0 Å². The molecular formula is C40H72. The Bertz CT molecular complexity index is 849. The molecule has 0 N–H and O–H groups in total. The minimum absolute atomic E-state index is 0.720. The van der Waals surface area contributed by atoms with Crippen LogP contribution < -0.4 is 0 Å². The van der Waals surface area contributed by atoms with E-state index in [1.807, 2.05) is 5.57 Å². The molecule has 18 atom stereocenters. The molecule has 0 nitrogen and oxygen atoms in total. The fourth-order valence-corrected chi connectivity index (χ4v) is 12.7. The van der Waals surface area contributed by atoms with Crippen LogP contribution in [0.15, 0.2) is 11.6 Å². The number of fused-ring (bicyclic) bond motifs is 1. The van der Waals surface area contributed by atoms with Gasteiger partial charge in [0.25, 0.3) is 0 Å². The zero-order valence-corrected chi connectivity index (χ0v) is 29.7. The molecule has 0 amide bonds. The Labute approximate surface area is 252 Å². The van der Waals surface area contributed by atoms with Gasteiger partial charge in [-0.1, -0.05) is 116 Å². The van der Waals surface area contributed by atoms with Crippen LogP contribution in [0, 0.1) is 118 Å². The molecule has 0 bridgehead atoms. The van der Waals surface area contributed by atoms with Gasteiger partial charge in [0, 0.05) is 0 Å². The highest BCUT2D eigenvalue weighted by Crippen LogP contribution is 2.61. The molecule has 4 aliphatic rings. The number of hydrogen-bond donors (Lipinski definition) is 0. The Morgan fingerprint density at radius 2 is 1.20 bits per heavy atom. The van der Waals surface area contributed by atoms with Gasteiger partial charge in [0.05, 0.1) is 0 Å². The van der Waals surface area contributed by atoms with Gasteiger partial charge in [0.2, 0.25) is 0 Å². The normalized spacial score (nSPS) is 51.2. The largest absolute Gasteiger partial charge is 0.0813 e. The molecule has 0 aromatic rings. The van der Waals surface area contributed by atoms with Gasteiger partial charge in [-0.3, -0.25) is 0 Å². The molecule has 3 unspecified atom stereocenters. The highest BCUT2D eigenvalue weighted by atomic mass is 14.6. The monoisotopic (exact) mass is 553 g/mol. The lowest BCUT2D eigenvalue weighted by Gasteiger charge is -2.51. The fourth-order valence-electron chi connectivity index (χ4n) is 12.7. The Hall–Kier alpha value is -0.260. The van der Waals surface area contributed by atoms with Crippen molar-refractivity contribution < 1.29 is 0 Å². The number of hydrogen-bond acceptors (Lipinski definition) is 0. The second kappa shape index (κ2) is 12.4. The Morgan fingerprint density at radius 1 is 0.625 bits per heavy atom. The second-order valence-electron chi connectivity index (χ2n) is 17.9. The zero-order valence-electron chi connectivity index (χ0n) is 29.7. The lowest BCUT2D eigenvalue weighted by molar-refractivity contribution is -0.0209. The standard InChI is InChI=1S/C40H72/c1-20(2)16-35-24(7)22(5)18-36(37(35)21(3)4)28(11)27(10)34-19-33-17-23(6)38(32(15)39(33)31(34)14)40-29(12)25(8)26(9)30(40)13/h19-33,35-40H,16-18H2,1-15H3/t22-,23-,24-,25-,26+,27+,28+,29-,30+,31+,32-,33-,35?,36-,37-,38-,39?,40?/m1/s1. The number of allylic oxidation sites excluding steroid dienone is 2. The van der Waals surface area contributed by atoms with Crippen LogP contribution in [-0.4, -0.2) is 0 Å². The summed E-state index contributed by atoms with van der Waals surface area (Å²) >= 11 is 0. The van der Waals surface area contributed by atoms with E-state index in [0.29, 0.717) is 0 Å². The van der Waals surface area contributed by atoms with Crippen molar-refractivity contribution in [1.82, 2.24) is 0 Å². The lowest BCUT2D eigenvalue weighted by Crippen LogP contribution is -2.45. The molecule has 0 aromatic carbocycles. The molecule has 0 radical (unpaired) electrons. The van der Waals surface area contributed by atoms with Gasteiger partial charge in [-0.2, -0.15) is 0 Å². The minimum Gasteiger partial charge on any atom is -0.0813 e. The first kappa shape index (κ1) is 32.6. The summed E-state index contributed by atoms with van der Waals surface area (Å²) < 4.78 is 0. The maximum absolute atomic E-state index is 2.87. The third kappa shape index (κ3) is 5.56. The van der Waals surface area contributed by atoms with Crippen LogP contribution in [0.1, 0.15) is 123 Å². The van der Waals surface area contributed by atoms with E-state index in [1.165, 1.54) is 19.3 Å². The fraction of sp³-hybridized carbons (Fsp3) is 0.950. The quantitative estimate of drug-likeness (QED) is 0.275.